The lowest BCUT2D eigenvalue weighted by Crippen LogP contribution is -2.31. The van der Waals surface area contributed by atoms with Crippen molar-refractivity contribution >= 4 is 0 Å². The van der Waals surface area contributed by atoms with Gasteiger partial charge in [-0.05, 0) is 37.4 Å². The molecule has 1 unspecified atom stereocenters. The molecule has 0 amide bonds. The van der Waals surface area contributed by atoms with Gasteiger partial charge in [0.15, 0.2) is 0 Å². The van der Waals surface area contributed by atoms with E-state index in [0.717, 1.165) is 13.0 Å². The summed E-state index contributed by atoms with van der Waals surface area (Å²) in [7, 11) is 0. The van der Waals surface area contributed by atoms with Gasteiger partial charge in [0.25, 0.3) is 0 Å². The van der Waals surface area contributed by atoms with Crippen LogP contribution in [0.15, 0.2) is 23.0 Å². The lowest BCUT2D eigenvalue weighted by atomic mass is 10.0. The second kappa shape index (κ2) is 9.29. The zero-order valence-corrected chi connectivity index (χ0v) is 11.4. The van der Waals surface area contributed by atoms with Crippen LogP contribution in [0.3, 0.4) is 0 Å². The molecule has 0 aromatic carbocycles. The molecular weight excluding hydrogens is 210 g/mol. The normalized spacial score (nSPS) is 12.8. The Morgan fingerprint density at radius 2 is 2.06 bits per heavy atom. The van der Waals surface area contributed by atoms with Crippen molar-refractivity contribution in [3.63, 3.8) is 0 Å². The van der Waals surface area contributed by atoms with Gasteiger partial charge in [-0.3, -0.25) is 0 Å². The van der Waals surface area contributed by atoms with Gasteiger partial charge in [-0.15, -0.1) is 0 Å². The van der Waals surface area contributed by atoms with Crippen molar-refractivity contribution in [3.8, 4) is 0 Å². The summed E-state index contributed by atoms with van der Waals surface area (Å²) in [5, 5.41) is 3.64. The van der Waals surface area contributed by atoms with Crippen molar-refractivity contribution in [1.29, 1.82) is 0 Å². The van der Waals surface area contributed by atoms with Gasteiger partial charge < -0.3 is 9.73 Å². The summed E-state index contributed by atoms with van der Waals surface area (Å²) in [4.78, 5) is 0. The summed E-state index contributed by atoms with van der Waals surface area (Å²) in [6.45, 7) is 5.60. The van der Waals surface area contributed by atoms with Crippen LogP contribution in [-0.4, -0.2) is 12.6 Å². The molecule has 1 rings (SSSR count). The first-order chi connectivity index (χ1) is 8.36. The van der Waals surface area contributed by atoms with Crippen LogP contribution in [0, 0.1) is 0 Å². The van der Waals surface area contributed by atoms with Crippen LogP contribution < -0.4 is 5.32 Å². The van der Waals surface area contributed by atoms with Crippen molar-refractivity contribution in [2.75, 3.05) is 6.54 Å². The van der Waals surface area contributed by atoms with Crippen LogP contribution in [0.1, 0.15) is 57.9 Å². The molecule has 0 aliphatic heterocycles. The third kappa shape index (κ3) is 6.52. The fraction of sp³-hybridized carbons (Fsp3) is 0.733. The number of hydrogen-bond donors (Lipinski definition) is 1. The Labute approximate surface area is 106 Å². The molecule has 0 radical (unpaired) electrons. The minimum absolute atomic E-state index is 0.615. The van der Waals surface area contributed by atoms with Crippen molar-refractivity contribution in [2.24, 2.45) is 0 Å². The van der Waals surface area contributed by atoms with E-state index in [1.165, 1.54) is 44.1 Å². The van der Waals surface area contributed by atoms with Crippen LogP contribution in [0.5, 0.6) is 0 Å². The average Bonchev–Trinajstić information content (AvgIpc) is 2.84. The highest BCUT2D eigenvalue weighted by Gasteiger charge is 2.09. The quantitative estimate of drug-likeness (QED) is 0.618. The summed E-state index contributed by atoms with van der Waals surface area (Å²) in [5.74, 6) is 0. The summed E-state index contributed by atoms with van der Waals surface area (Å²) in [6.07, 6.45) is 12.6. The van der Waals surface area contributed by atoms with E-state index < -0.39 is 0 Å². The van der Waals surface area contributed by atoms with E-state index >= 15 is 0 Å². The van der Waals surface area contributed by atoms with Crippen molar-refractivity contribution in [1.82, 2.24) is 5.32 Å². The summed E-state index contributed by atoms with van der Waals surface area (Å²) < 4.78 is 5.14. The summed E-state index contributed by atoms with van der Waals surface area (Å²) in [6, 6.07) is 2.69. The highest BCUT2D eigenvalue weighted by Crippen LogP contribution is 2.11. The fourth-order valence-electron chi connectivity index (χ4n) is 2.14. The molecule has 2 nitrogen and oxygen atoms in total. The third-order valence-electron chi connectivity index (χ3n) is 3.15. The van der Waals surface area contributed by atoms with Crippen LogP contribution >= 0.6 is 0 Å². The lowest BCUT2D eigenvalue weighted by Gasteiger charge is -2.17. The molecule has 0 saturated carbocycles. The predicted octanol–water partition coefficient (Wildman–Crippen LogP) is 4.16. The SMILES string of the molecule is CCCCCCC(Cc1ccoc1)NCCC. The standard InChI is InChI=1S/C15H27NO/c1-3-5-6-7-8-15(16-10-4-2)12-14-9-11-17-13-14/h9,11,13,15-16H,3-8,10,12H2,1-2H3. The van der Waals surface area contributed by atoms with Gasteiger partial charge in [-0.25, -0.2) is 0 Å². The Kier molecular flexibility index (Phi) is 7.81. The fourth-order valence-corrected chi connectivity index (χ4v) is 2.14. The second-order valence-electron chi connectivity index (χ2n) is 4.84. The molecule has 0 aliphatic carbocycles. The van der Waals surface area contributed by atoms with E-state index in [4.69, 9.17) is 4.42 Å². The molecule has 1 N–H and O–H groups in total. The van der Waals surface area contributed by atoms with Gasteiger partial charge in [0.2, 0.25) is 0 Å². The second-order valence-corrected chi connectivity index (χ2v) is 4.84. The van der Waals surface area contributed by atoms with Crippen molar-refractivity contribution in [2.45, 2.75) is 64.8 Å². The molecule has 2 heteroatoms. The number of furan rings is 1. The van der Waals surface area contributed by atoms with Crippen molar-refractivity contribution in [3.05, 3.63) is 24.2 Å². The maximum Gasteiger partial charge on any atom is 0.0935 e. The molecule has 1 aromatic rings. The monoisotopic (exact) mass is 237 g/mol. The van der Waals surface area contributed by atoms with E-state index in [1.54, 1.807) is 6.26 Å². The third-order valence-corrected chi connectivity index (χ3v) is 3.15. The first-order valence-corrected chi connectivity index (χ1v) is 7.11. The Balaban J connectivity index is 2.26. The van der Waals surface area contributed by atoms with Gasteiger partial charge in [0.05, 0.1) is 12.5 Å². The molecule has 0 aliphatic rings. The topological polar surface area (TPSA) is 25.2 Å². The van der Waals surface area contributed by atoms with Crippen LogP contribution in [0.2, 0.25) is 0 Å². The number of nitrogens with one attached hydrogen (secondary N) is 1. The molecule has 1 heterocycles. The molecule has 98 valence electrons. The van der Waals surface area contributed by atoms with Crippen LogP contribution in [0.25, 0.3) is 0 Å². The largest absolute Gasteiger partial charge is 0.472 e. The maximum absolute atomic E-state index is 5.14. The van der Waals surface area contributed by atoms with Gasteiger partial charge in [-0.2, -0.15) is 0 Å². The summed E-state index contributed by atoms with van der Waals surface area (Å²) >= 11 is 0. The molecule has 0 saturated heterocycles. The zero-order valence-electron chi connectivity index (χ0n) is 11.4. The van der Waals surface area contributed by atoms with Gasteiger partial charge in [0.1, 0.15) is 0 Å². The molecule has 1 aromatic heterocycles. The van der Waals surface area contributed by atoms with Crippen LogP contribution in [0.4, 0.5) is 0 Å². The van der Waals surface area contributed by atoms with E-state index in [0.29, 0.717) is 6.04 Å². The minimum Gasteiger partial charge on any atom is -0.472 e. The van der Waals surface area contributed by atoms with E-state index in [9.17, 15) is 0 Å². The first-order valence-electron chi connectivity index (χ1n) is 7.11. The highest BCUT2D eigenvalue weighted by atomic mass is 16.3. The Morgan fingerprint density at radius 1 is 1.18 bits per heavy atom. The van der Waals surface area contributed by atoms with Gasteiger partial charge >= 0.3 is 0 Å². The average molecular weight is 237 g/mol. The number of rotatable bonds is 10. The molecule has 0 fully saturated rings. The maximum atomic E-state index is 5.14. The van der Waals surface area contributed by atoms with Crippen LogP contribution in [-0.2, 0) is 6.42 Å². The Morgan fingerprint density at radius 3 is 2.71 bits per heavy atom. The number of unbranched alkanes of at least 4 members (excludes halogenated alkanes) is 3. The van der Waals surface area contributed by atoms with E-state index in [-0.39, 0.29) is 0 Å². The lowest BCUT2D eigenvalue weighted by molar-refractivity contribution is 0.451. The summed E-state index contributed by atoms with van der Waals surface area (Å²) in [5.41, 5.74) is 1.31. The Bertz CT molecular complexity index is 256. The zero-order chi connectivity index (χ0) is 12.3. The molecule has 0 bridgehead atoms. The molecule has 17 heavy (non-hydrogen) atoms. The molecular formula is C15H27NO. The first kappa shape index (κ1) is 14.3. The molecule has 1 atom stereocenters. The van der Waals surface area contributed by atoms with Gasteiger partial charge in [0, 0.05) is 6.04 Å². The predicted molar refractivity (Wildman–Crippen MR) is 73.3 cm³/mol. The molecule has 0 spiro atoms. The minimum atomic E-state index is 0.615. The number of hydrogen-bond acceptors (Lipinski definition) is 2. The highest BCUT2D eigenvalue weighted by molar-refractivity contribution is 5.07. The van der Waals surface area contributed by atoms with E-state index in [1.807, 2.05) is 6.26 Å². The van der Waals surface area contributed by atoms with E-state index in [2.05, 4.69) is 25.2 Å². The smallest absolute Gasteiger partial charge is 0.0935 e. The van der Waals surface area contributed by atoms with Crippen molar-refractivity contribution < 1.29 is 4.42 Å². The van der Waals surface area contributed by atoms with Gasteiger partial charge in [-0.1, -0.05) is 39.5 Å². The Hall–Kier alpha value is -0.760.